The molecule has 0 aliphatic carbocycles. The molecule has 1 heterocycles. The number of benzene rings is 2. The first-order valence-electron chi connectivity index (χ1n) is 8.55. The number of hydrogen-bond donors (Lipinski definition) is 0. The molecule has 1 fully saturated rings. The van der Waals surface area contributed by atoms with Crippen molar-refractivity contribution in [1.82, 2.24) is 4.90 Å². The van der Waals surface area contributed by atoms with Crippen LogP contribution in [0.5, 0.6) is 0 Å². The van der Waals surface area contributed by atoms with Crippen LogP contribution in [0.15, 0.2) is 48.5 Å². The average Bonchev–Trinajstić information content (AvgIpc) is 2.62. The minimum Gasteiger partial charge on any atom is -0.300 e. The minimum absolute atomic E-state index is 0.0899. The first kappa shape index (κ1) is 20.4. The molecule has 2 nitrogen and oxygen atoms in total. The van der Waals surface area contributed by atoms with Gasteiger partial charge in [0, 0.05) is 24.9 Å². The van der Waals surface area contributed by atoms with Gasteiger partial charge in [0.05, 0.1) is 11.1 Å². The molecule has 1 saturated heterocycles. The molecule has 150 valence electrons. The van der Waals surface area contributed by atoms with Crippen LogP contribution in [-0.2, 0) is 17.1 Å². The lowest BCUT2D eigenvalue weighted by Gasteiger charge is -2.39. The Morgan fingerprint density at radius 3 is 1.32 bits per heavy atom. The third-order valence-corrected chi connectivity index (χ3v) is 5.07. The number of carbonyl (C=O) groups excluding carboxylic acids is 1. The van der Waals surface area contributed by atoms with Crippen molar-refractivity contribution in [2.24, 2.45) is 0 Å². The molecule has 0 amide bonds. The number of alkyl halides is 6. The molecule has 0 spiro atoms. The minimum atomic E-state index is -4.45. The van der Waals surface area contributed by atoms with E-state index >= 15 is 0 Å². The zero-order valence-electron chi connectivity index (χ0n) is 14.8. The Balaban J connectivity index is 1.86. The predicted molar refractivity (Wildman–Crippen MR) is 90.4 cm³/mol. The van der Waals surface area contributed by atoms with Crippen LogP contribution in [0.25, 0.3) is 0 Å². The van der Waals surface area contributed by atoms with E-state index < -0.39 is 35.6 Å². The van der Waals surface area contributed by atoms with E-state index in [0.717, 1.165) is 24.3 Å². The number of hydrogen-bond acceptors (Lipinski definition) is 2. The van der Waals surface area contributed by atoms with Crippen LogP contribution < -0.4 is 0 Å². The zero-order chi connectivity index (χ0) is 20.7. The molecular formula is C20H17F6NO. The maximum Gasteiger partial charge on any atom is 0.416 e. The van der Waals surface area contributed by atoms with Gasteiger partial charge in [0.15, 0.2) is 0 Å². The Bertz CT molecular complexity index is 769. The number of carbonyl (C=O) groups is 1. The van der Waals surface area contributed by atoms with Crippen molar-refractivity contribution in [3.05, 3.63) is 70.8 Å². The Morgan fingerprint density at radius 1 is 0.714 bits per heavy atom. The molecule has 3 rings (SSSR count). The molecule has 2 unspecified atom stereocenters. The van der Waals surface area contributed by atoms with E-state index in [-0.39, 0.29) is 18.6 Å². The van der Waals surface area contributed by atoms with Gasteiger partial charge in [0.25, 0.3) is 0 Å². The van der Waals surface area contributed by atoms with Gasteiger partial charge in [-0.15, -0.1) is 0 Å². The predicted octanol–water partition coefficient (Wildman–Crippen LogP) is 5.80. The first-order valence-corrected chi connectivity index (χ1v) is 8.55. The lowest BCUT2D eigenvalue weighted by Crippen LogP contribution is -2.37. The van der Waals surface area contributed by atoms with E-state index in [9.17, 15) is 31.1 Å². The van der Waals surface area contributed by atoms with Crippen LogP contribution in [0, 0.1) is 0 Å². The SMILES string of the molecule is CN1C(c2ccc(C(F)(F)F)cc2)CC(=O)CC1c1ccc(C(F)(F)F)cc1. The summed E-state index contributed by atoms with van der Waals surface area (Å²) < 4.78 is 76.5. The summed E-state index contributed by atoms with van der Waals surface area (Å²) in [5, 5.41) is 0. The Kier molecular flexibility index (Phi) is 5.27. The summed E-state index contributed by atoms with van der Waals surface area (Å²) in [5.74, 6) is -0.0899. The fourth-order valence-electron chi connectivity index (χ4n) is 3.51. The van der Waals surface area contributed by atoms with E-state index in [0.29, 0.717) is 11.1 Å². The number of ketones is 1. The third-order valence-electron chi connectivity index (χ3n) is 5.07. The lowest BCUT2D eigenvalue weighted by atomic mass is 9.87. The molecular weight excluding hydrogens is 384 g/mol. The molecule has 28 heavy (non-hydrogen) atoms. The van der Waals surface area contributed by atoms with E-state index in [1.807, 2.05) is 4.90 Å². The Labute approximate surface area is 157 Å². The maximum atomic E-state index is 12.8. The summed E-state index contributed by atoms with van der Waals surface area (Å²) in [6.45, 7) is 0. The number of likely N-dealkylation sites (tertiary alicyclic amines) is 1. The molecule has 1 aliphatic heterocycles. The van der Waals surface area contributed by atoms with Crippen molar-refractivity contribution in [3.8, 4) is 0 Å². The smallest absolute Gasteiger partial charge is 0.300 e. The van der Waals surface area contributed by atoms with Gasteiger partial charge in [0.1, 0.15) is 5.78 Å². The topological polar surface area (TPSA) is 20.3 Å². The summed E-state index contributed by atoms with van der Waals surface area (Å²) in [6.07, 6.45) is -8.62. The largest absolute Gasteiger partial charge is 0.416 e. The van der Waals surface area contributed by atoms with Gasteiger partial charge in [-0.3, -0.25) is 9.69 Å². The molecule has 8 heteroatoms. The maximum absolute atomic E-state index is 12.8. The lowest BCUT2D eigenvalue weighted by molar-refractivity contribution is -0.138. The van der Waals surface area contributed by atoms with Gasteiger partial charge < -0.3 is 0 Å². The van der Waals surface area contributed by atoms with Gasteiger partial charge in [-0.2, -0.15) is 26.3 Å². The van der Waals surface area contributed by atoms with Crippen molar-refractivity contribution in [2.45, 2.75) is 37.3 Å². The van der Waals surface area contributed by atoms with Crippen LogP contribution >= 0.6 is 0 Å². The van der Waals surface area contributed by atoms with Crippen molar-refractivity contribution < 1.29 is 31.1 Å². The molecule has 0 saturated carbocycles. The highest BCUT2D eigenvalue weighted by atomic mass is 19.4. The monoisotopic (exact) mass is 401 g/mol. The second kappa shape index (κ2) is 7.24. The first-order chi connectivity index (χ1) is 13.0. The van der Waals surface area contributed by atoms with Gasteiger partial charge in [-0.1, -0.05) is 24.3 Å². The van der Waals surface area contributed by atoms with Crippen molar-refractivity contribution in [2.75, 3.05) is 7.05 Å². The van der Waals surface area contributed by atoms with Crippen LogP contribution in [0.4, 0.5) is 26.3 Å². The molecule has 2 atom stereocenters. The van der Waals surface area contributed by atoms with Gasteiger partial charge in [-0.25, -0.2) is 0 Å². The summed E-state index contributed by atoms with van der Waals surface area (Å²) in [5.41, 5.74) is -0.443. The summed E-state index contributed by atoms with van der Waals surface area (Å²) in [6, 6.07) is 8.33. The highest BCUT2D eigenvalue weighted by Gasteiger charge is 2.36. The standard InChI is InChI=1S/C20H17F6NO/c1-27-17(12-2-6-14(7-3-12)19(21,22)23)10-16(28)11-18(27)13-4-8-15(9-5-13)20(24,25)26/h2-9,17-18H,10-11H2,1H3. The van der Waals surface area contributed by atoms with E-state index in [2.05, 4.69) is 0 Å². The second-order valence-corrected chi connectivity index (χ2v) is 6.88. The highest BCUT2D eigenvalue weighted by Crippen LogP contribution is 2.40. The zero-order valence-corrected chi connectivity index (χ0v) is 14.8. The van der Waals surface area contributed by atoms with Crippen molar-refractivity contribution in [1.29, 1.82) is 0 Å². The number of piperidine rings is 1. The van der Waals surface area contributed by atoms with E-state index in [4.69, 9.17) is 0 Å². The molecule has 2 aromatic rings. The Morgan fingerprint density at radius 2 is 1.04 bits per heavy atom. The highest BCUT2D eigenvalue weighted by molar-refractivity contribution is 5.81. The summed E-state index contributed by atoms with van der Waals surface area (Å²) in [7, 11) is 1.72. The number of nitrogens with zero attached hydrogens (tertiary/aromatic N) is 1. The molecule has 0 radical (unpaired) electrons. The van der Waals surface area contributed by atoms with E-state index in [1.54, 1.807) is 7.05 Å². The van der Waals surface area contributed by atoms with Gasteiger partial charge in [-0.05, 0) is 42.4 Å². The average molecular weight is 401 g/mol. The fourth-order valence-corrected chi connectivity index (χ4v) is 3.51. The molecule has 1 aliphatic rings. The fraction of sp³-hybridized carbons (Fsp3) is 0.350. The molecule has 0 N–H and O–H groups in total. The summed E-state index contributed by atoms with van der Waals surface area (Å²) in [4.78, 5) is 14.1. The van der Waals surface area contributed by atoms with E-state index in [1.165, 1.54) is 24.3 Å². The number of halogens is 6. The summed E-state index contributed by atoms with van der Waals surface area (Å²) >= 11 is 0. The number of Topliss-reactive ketones (excluding diaryl/α,β-unsaturated/α-hetero) is 1. The molecule has 0 bridgehead atoms. The van der Waals surface area contributed by atoms with Crippen LogP contribution in [-0.4, -0.2) is 17.7 Å². The second-order valence-electron chi connectivity index (χ2n) is 6.88. The van der Waals surface area contributed by atoms with Gasteiger partial charge >= 0.3 is 12.4 Å². The quantitative estimate of drug-likeness (QED) is 0.593. The number of rotatable bonds is 2. The third kappa shape index (κ3) is 4.22. The Hall–Kier alpha value is -2.35. The van der Waals surface area contributed by atoms with Gasteiger partial charge in [0.2, 0.25) is 0 Å². The van der Waals surface area contributed by atoms with Crippen LogP contribution in [0.2, 0.25) is 0 Å². The molecule has 2 aromatic carbocycles. The normalized spacial score (nSPS) is 21.8. The van der Waals surface area contributed by atoms with Crippen molar-refractivity contribution in [3.63, 3.8) is 0 Å². The van der Waals surface area contributed by atoms with Crippen molar-refractivity contribution >= 4 is 5.78 Å². The van der Waals surface area contributed by atoms with Crippen LogP contribution in [0.3, 0.4) is 0 Å². The van der Waals surface area contributed by atoms with Crippen LogP contribution in [0.1, 0.15) is 47.2 Å². The molecule has 0 aromatic heterocycles.